The van der Waals surface area contributed by atoms with E-state index in [0.29, 0.717) is 11.3 Å². The number of carbonyl (C=O) groups excluding carboxylic acids is 1. The molecule has 0 spiro atoms. The molecule has 4 rings (SSSR count). The summed E-state index contributed by atoms with van der Waals surface area (Å²) in [4.78, 5) is 16.7. The fraction of sp³-hybridized carbons (Fsp3) is 0.190. The fourth-order valence-electron chi connectivity index (χ4n) is 3.07. The number of benzene rings is 1. The van der Waals surface area contributed by atoms with Crippen LogP contribution < -0.4 is 10.6 Å². The van der Waals surface area contributed by atoms with Crippen molar-refractivity contribution in [1.29, 1.82) is 0 Å². The van der Waals surface area contributed by atoms with Crippen molar-refractivity contribution in [3.05, 3.63) is 60.2 Å². The maximum atomic E-state index is 12.6. The minimum atomic E-state index is -0.265. The van der Waals surface area contributed by atoms with Gasteiger partial charge in [0.1, 0.15) is 0 Å². The van der Waals surface area contributed by atoms with E-state index in [-0.39, 0.29) is 17.7 Å². The highest BCUT2D eigenvalue weighted by molar-refractivity contribution is 6.07. The molecular weight excluding hydrogens is 354 g/mol. The number of nitrogens with one attached hydrogen (secondary N) is 3. The normalized spacial score (nSPS) is 11.1. The SMILES string of the molecule is Cc1cn[nH]c1-c1ccc(Nc2c(C(=O)NC(C)C)oc3cnccc23)cc1. The third kappa shape index (κ3) is 3.34. The standard InChI is InChI=1S/C21H21N5O2/c1-12(2)24-21(27)20-19(16-8-9-22-11-17(16)28-20)25-15-6-4-14(5-7-15)18-13(3)10-23-26-18/h4-12,25H,1-3H3,(H,23,26)(H,24,27). The molecule has 0 unspecified atom stereocenters. The number of aryl methyl sites for hydroxylation is 1. The summed E-state index contributed by atoms with van der Waals surface area (Å²) in [5, 5.41) is 14.1. The Kier molecular flexibility index (Phi) is 4.57. The van der Waals surface area contributed by atoms with Crippen LogP contribution in [0.2, 0.25) is 0 Å². The number of hydrogen-bond acceptors (Lipinski definition) is 5. The van der Waals surface area contributed by atoms with E-state index in [2.05, 4.69) is 25.8 Å². The van der Waals surface area contributed by atoms with Crippen molar-refractivity contribution >= 4 is 28.3 Å². The van der Waals surface area contributed by atoms with E-state index in [1.165, 1.54) is 0 Å². The summed E-state index contributed by atoms with van der Waals surface area (Å²) in [6.07, 6.45) is 5.08. The first kappa shape index (κ1) is 17.8. The van der Waals surface area contributed by atoms with E-state index >= 15 is 0 Å². The molecule has 0 fully saturated rings. The van der Waals surface area contributed by atoms with Crippen LogP contribution in [0.25, 0.3) is 22.2 Å². The molecule has 0 aliphatic heterocycles. The maximum absolute atomic E-state index is 12.6. The van der Waals surface area contributed by atoms with E-state index in [9.17, 15) is 4.79 Å². The molecular formula is C21H21N5O2. The largest absolute Gasteiger partial charge is 0.447 e. The molecule has 0 saturated carbocycles. The number of nitrogens with zero attached hydrogens (tertiary/aromatic N) is 2. The van der Waals surface area contributed by atoms with Gasteiger partial charge in [0, 0.05) is 23.3 Å². The van der Waals surface area contributed by atoms with Gasteiger partial charge >= 0.3 is 0 Å². The second-order valence-electron chi connectivity index (χ2n) is 6.94. The molecule has 1 aromatic carbocycles. The van der Waals surface area contributed by atoms with Crippen LogP contribution in [0.15, 0.2) is 53.3 Å². The number of pyridine rings is 1. The molecule has 7 nitrogen and oxygen atoms in total. The van der Waals surface area contributed by atoms with Crippen LogP contribution in [0.1, 0.15) is 30.0 Å². The molecule has 3 heterocycles. The van der Waals surface area contributed by atoms with E-state index in [1.807, 2.05) is 51.1 Å². The predicted molar refractivity (Wildman–Crippen MR) is 109 cm³/mol. The Morgan fingerprint density at radius 3 is 2.61 bits per heavy atom. The number of fused-ring (bicyclic) bond motifs is 1. The van der Waals surface area contributed by atoms with Gasteiger partial charge in [0.2, 0.25) is 5.76 Å². The number of hydrogen-bond donors (Lipinski definition) is 3. The molecule has 0 aliphatic rings. The van der Waals surface area contributed by atoms with Crippen molar-refractivity contribution < 1.29 is 9.21 Å². The molecule has 0 saturated heterocycles. The quantitative estimate of drug-likeness (QED) is 0.480. The third-order valence-electron chi connectivity index (χ3n) is 4.39. The molecule has 7 heteroatoms. The number of anilines is 2. The van der Waals surface area contributed by atoms with E-state index in [1.54, 1.807) is 18.6 Å². The second kappa shape index (κ2) is 7.19. The van der Waals surface area contributed by atoms with Gasteiger partial charge in [-0.15, -0.1) is 0 Å². The number of amides is 1. The molecule has 0 aliphatic carbocycles. The molecule has 1 amide bonds. The number of aromatic amines is 1. The molecule has 3 N–H and O–H groups in total. The summed E-state index contributed by atoms with van der Waals surface area (Å²) in [7, 11) is 0. The van der Waals surface area contributed by atoms with Gasteiger partial charge in [-0.1, -0.05) is 12.1 Å². The van der Waals surface area contributed by atoms with Crippen molar-refractivity contribution in [1.82, 2.24) is 20.5 Å². The highest BCUT2D eigenvalue weighted by atomic mass is 16.3. The van der Waals surface area contributed by atoms with Crippen molar-refractivity contribution in [3.63, 3.8) is 0 Å². The summed E-state index contributed by atoms with van der Waals surface area (Å²) in [5.74, 6) is -0.0245. The Labute approximate surface area is 162 Å². The van der Waals surface area contributed by atoms with Crippen LogP contribution in [0.5, 0.6) is 0 Å². The lowest BCUT2D eigenvalue weighted by molar-refractivity contribution is 0.0918. The van der Waals surface area contributed by atoms with Gasteiger partial charge in [0.05, 0.1) is 23.8 Å². The van der Waals surface area contributed by atoms with Crippen LogP contribution in [-0.4, -0.2) is 27.1 Å². The Bertz CT molecular complexity index is 1130. The second-order valence-corrected chi connectivity index (χ2v) is 6.94. The lowest BCUT2D eigenvalue weighted by Crippen LogP contribution is -2.30. The average Bonchev–Trinajstić information content (AvgIpc) is 3.26. The Morgan fingerprint density at radius 2 is 1.93 bits per heavy atom. The van der Waals surface area contributed by atoms with Crippen LogP contribution >= 0.6 is 0 Å². The first-order chi connectivity index (χ1) is 13.5. The van der Waals surface area contributed by atoms with Crippen LogP contribution in [0.3, 0.4) is 0 Å². The molecule has 3 aromatic heterocycles. The molecule has 142 valence electrons. The van der Waals surface area contributed by atoms with Crippen LogP contribution in [-0.2, 0) is 0 Å². The number of H-pyrrole nitrogens is 1. The topological polar surface area (TPSA) is 95.8 Å². The Balaban J connectivity index is 1.69. The van der Waals surface area contributed by atoms with E-state index in [0.717, 1.165) is 27.9 Å². The van der Waals surface area contributed by atoms with E-state index in [4.69, 9.17) is 4.42 Å². The van der Waals surface area contributed by atoms with Crippen LogP contribution in [0.4, 0.5) is 11.4 Å². The van der Waals surface area contributed by atoms with Gasteiger partial charge in [-0.25, -0.2) is 0 Å². The van der Waals surface area contributed by atoms with Crippen molar-refractivity contribution in [2.24, 2.45) is 0 Å². The van der Waals surface area contributed by atoms with Crippen molar-refractivity contribution in [2.75, 3.05) is 5.32 Å². The lowest BCUT2D eigenvalue weighted by atomic mass is 10.1. The molecule has 0 bridgehead atoms. The monoisotopic (exact) mass is 375 g/mol. The van der Waals surface area contributed by atoms with Gasteiger partial charge in [0.15, 0.2) is 5.58 Å². The molecule has 28 heavy (non-hydrogen) atoms. The highest BCUT2D eigenvalue weighted by Gasteiger charge is 2.21. The van der Waals surface area contributed by atoms with Crippen molar-refractivity contribution in [2.45, 2.75) is 26.8 Å². The zero-order valence-corrected chi connectivity index (χ0v) is 15.9. The minimum absolute atomic E-state index is 0.00335. The minimum Gasteiger partial charge on any atom is -0.447 e. The lowest BCUT2D eigenvalue weighted by Gasteiger charge is -2.10. The summed E-state index contributed by atoms with van der Waals surface area (Å²) < 4.78 is 5.78. The molecule has 4 aromatic rings. The average molecular weight is 375 g/mol. The number of furan rings is 1. The van der Waals surface area contributed by atoms with Gasteiger partial charge in [-0.2, -0.15) is 5.10 Å². The molecule has 0 atom stereocenters. The first-order valence-electron chi connectivity index (χ1n) is 9.07. The zero-order chi connectivity index (χ0) is 19.7. The Hall–Kier alpha value is -3.61. The van der Waals surface area contributed by atoms with Crippen molar-refractivity contribution in [3.8, 4) is 11.3 Å². The summed E-state index contributed by atoms with van der Waals surface area (Å²) in [6.45, 7) is 5.83. The number of rotatable bonds is 5. The van der Waals surface area contributed by atoms with Gasteiger partial charge < -0.3 is 15.1 Å². The summed E-state index contributed by atoms with van der Waals surface area (Å²) >= 11 is 0. The molecule has 0 radical (unpaired) electrons. The summed E-state index contributed by atoms with van der Waals surface area (Å²) in [6, 6.07) is 9.75. The maximum Gasteiger partial charge on any atom is 0.289 e. The first-order valence-corrected chi connectivity index (χ1v) is 9.07. The third-order valence-corrected chi connectivity index (χ3v) is 4.39. The summed E-state index contributed by atoms with van der Waals surface area (Å²) in [5.41, 5.74) is 5.15. The van der Waals surface area contributed by atoms with Crippen LogP contribution in [0, 0.1) is 6.92 Å². The van der Waals surface area contributed by atoms with Gasteiger partial charge in [0.25, 0.3) is 5.91 Å². The predicted octanol–water partition coefficient (Wildman–Crippen LogP) is 4.41. The highest BCUT2D eigenvalue weighted by Crippen LogP contribution is 2.33. The smallest absolute Gasteiger partial charge is 0.289 e. The van der Waals surface area contributed by atoms with Gasteiger partial charge in [-0.3, -0.25) is 14.9 Å². The number of carbonyl (C=O) groups is 1. The number of aromatic nitrogens is 3. The van der Waals surface area contributed by atoms with E-state index < -0.39 is 0 Å². The zero-order valence-electron chi connectivity index (χ0n) is 15.9. The fourth-order valence-corrected chi connectivity index (χ4v) is 3.07. The van der Waals surface area contributed by atoms with Gasteiger partial charge in [-0.05, 0) is 50.1 Å². The Morgan fingerprint density at radius 1 is 1.14 bits per heavy atom.